The molecular formula is C10H13NO3. The second-order valence-electron chi connectivity index (χ2n) is 3.49. The van der Waals surface area contributed by atoms with Gasteiger partial charge in [-0.1, -0.05) is 0 Å². The third-order valence-corrected chi connectivity index (χ3v) is 2.28. The molecule has 0 amide bonds. The molecule has 0 radical (unpaired) electrons. The van der Waals surface area contributed by atoms with Gasteiger partial charge >= 0.3 is 5.97 Å². The molecule has 0 aliphatic heterocycles. The van der Waals surface area contributed by atoms with Crippen molar-refractivity contribution in [3.05, 3.63) is 17.8 Å². The second-order valence-corrected chi connectivity index (χ2v) is 3.49. The molecule has 1 fully saturated rings. The van der Waals surface area contributed by atoms with Crippen LogP contribution in [0, 0.1) is 5.92 Å². The number of hydrogen-bond donors (Lipinski definition) is 0. The summed E-state index contributed by atoms with van der Waals surface area (Å²) in [6, 6.07) is 0. The number of hydrogen-bond acceptors (Lipinski definition) is 4. The van der Waals surface area contributed by atoms with Gasteiger partial charge in [0.15, 0.2) is 12.1 Å². The standard InChI is InChI=1S/C10H13NO3/c1-2-13-10(12)9-8(14-6-11-9)5-7-3-4-7/h6-7H,2-5H2,1H3. The monoisotopic (exact) mass is 195 g/mol. The normalized spacial score (nSPS) is 15.5. The molecular weight excluding hydrogens is 182 g/mol. The molecule has 0 N–H and O–H groups in total. The number of oxazole rings is 1. The molecule has 0 atom stereocenters. The van der Waals surface area contributed by atoms with E-state index >= 15 is 0 Å². The molecule has 1 aliphatic rings. The van der Waals surface area contributed by atoms with Crippen molar-refractivity contribution >= 4 is 5.97 Å². The molecule has 0 unspecified atom stereocenters. The predicted molar refractivity (Wildman–Crippen MR) is 48.9 cm³/mol. The molecule has 0 bridgehead atoms. The van der Waals surface area contributed by atoms with Crippen LogP contribution in [0.1, 0.15) is 36.0 Å². The maximum absolute atomic E-state index is 11.4. The zero-order chi connectivity index (χ0) is 9.97. The maximum Gasteiger partial charge on any atom is 0.360 e. The van der Waals surface area contributed by atoms with Crippen molar-refractivity contribution in [3.63, 3.8) is 0 Å². The van der Waals surface area contributed by atoms with Crippen molar-refractivity contribution in [1.82, 2.24) is 4.98 Å². The average Bonchev–Trinajstić information content (AvgIpc) is 2.82. The van der Waals surface area contributed by atoms with Crippen molar-refractivity contribution in [2.45, 2.75) is 26.2 Å². The first kappa shape index (κ1) is 9.24. The Kier molecular flexibility index (Phi) is 2.52. The quantitative estimate of drug-likeness (QED) is 0.687. The summed E-state index contributed by atoms with van der Waals surface area (Å²) in [5.74, 6) is 0.971. The molecule has 1 aliphatic carbocycles. The fourth-order valence-corrected chi connectivity index (χ4v) is 1.37. The summed E-state index contributed by atoms with van der Waals surface area (Å²) in [6.45, 7) is 2.15. The number of aromatic nitrogens is 1. The fourth-order valence-electron chi connectivity index (χ4n) is 1.37. The van der Waals surface area contributed by atoms with Crippen LogP contribution in [-0.2, 0) is 11.2 Å². The summed E-state index contributed by atoms with van der Waals surface area (Å²) in [5.41, 5.74) is 0.346. The van der Waals surface area contributed by atoms with E-state index in [1.54, 1.807) is 6.92 Å². The fraction of sp³-hybridized carbons (Fsp3) is 0.600. The molecule has 0 spiro atoms. The molecule has 4 nitrogen and oxygen atoms in total. The van der Waals surface area contributed by atoms with Crippen LogP contribution in [0.15, 0.2) is 10.8 Å². The van der Waals surface area contributed by atoms with Crippen LogP contribution in [-0.4, -0.2) is 17.6 Å². The lowest BCUT2D eigenvalue weighted by atomic mass is 10.2. The van der Waals surface area contributed by atoms with E-state index < -0.39 is 0 Å². The van der Waals surface area contributed by atoms with E-state index in [1.165, 1.54) is 19.2 Å². The predicted octanol–water partition coefficient (Wildman–Crippen LogP) is 1.80. The van der Waals surface area contributed by atoms with Gasteiger partial charge in [-0.25, -0.2) is 9.78 Å². The zero-order valence-corrected chi connectivity index (χ0v) is 8.16. The van der Waals surface area contributed by atoms with Crippen molar-refractivity contribution in [2.24, 2.45) is 5.92 Å². The number of ether oxygens (including phenoxy) is 1. The molecule has 2 rings (SSSR count). The van der Waals surface area contributed by atoms with Gasteiger partial charge < -0.3 is 9.15 Å². The number of carbonyl (C=O) groups excluding carboxylic acids is 1. The number of esters is 1. The largest absolute Gasteiger partial charge is 0.461 e. The lowest BCUT2D eigenvalue weighted by molar-refractivity contribution is 0.0517. The molecule has 76 valence electrons. The highest BCUT2D eigenvalue weighted by Crippen LogP contribution is 2.33. The summed E-state index contributed by atoms with van der Waals surface area (Å²) >= 11 is 0. The molecule has 1 aromatic heterocycles. The van der Waals surface area contributed by atoms with Crippen LogP contribution >= 0.6 is 0 Å². The zero-order valence-electron chi connectivity index (χ0n) is 8.16. The average molecular weight is 195 g/mol. The minimum atomic E-state index is -0.378. The van der Waals surface area contributed by atoms with Crippen LogP contribution in [0.4, 0.5) is 0 Å². The SMILES string of the molecule is CCOC(=O)c1ncoc1CC1CC1. The van der Waals surface area contributed by atoms with Crippen molar-refractivity contribution in [1.29, 1.82) is 0 Å². The van der Waals surface area contributed by atoms with Gasteiger partial charge in [0, 0.05) is 6.42 Å². The summed E-state index contributed by atoms with van der Waals surface area (Å²) in [4.78, 5) is 15.3. The van der Waals surface area contributed by atoms with E-state index in [9.17, 15) is 4.79 Å². The highest BCUT2D eigenvalue weighted by molar-refractivity contribution is 5.88. The minimum Gasteiger partial charge on any atom is -0.461 e. The van der Waals surface area contributed by atoms with Gasteiger partial charge in [-0.2, -0.15) is 0 Å². The van der Waals surface area contributed by atoms with Gasteiger partial charge in [0.2, 0.25) is 0 Å². The Morgan fingerprint density at radius 3 is 3.14 bits per heavy atom. The van der Waals surface area contributed by atoms with Gasteiger partial charge in [0.05, 0.1) is 6.61 Å². The van der Waals surface area contributed by atoms with Gasteiger partial charge in [-0.15, -0.1) is 0 Å². The van der Waals surface area contributed by atoms with Crippen LogP contribution in [0.25, 0.3) is 0 Å². The van der Waals surface area contributed by atoms with Crippen LogP contribution in [0.5, 0.6) is 0 Å². The first-order chi connectivity index (χ1) is 6.81. The summed E-state index contributed by atoms with van der Waals surface area (Å²) in [7, 11) is 0. The Hall–Kier alpha value is -1.32. The van der Waals surface area contributed by atoms with E-state index in [0.29, 0.717) is 24.0 Å². The number of rotatable bonds is 4. The van der Waals surface area contributed by atoms with Crippen LogP contribution in [0.3, 0.4) is 0 Å². The van der Waals surface area contributed by atoms with E-state index in [0.717, 1.165) is 6.42 Å². The summed E-state index contributed by atoms with van der Waals surface area (Å²) < 4.78 is 10.0. The van der Waals surface area contributed by atoms with E-state index in [4.69, 9.17) is 9.15 Å². The molecule has 14 heavy (non-hydrogen) atoms. The molecule has 0 saturated heterocycles. The van der Waals surface area contributed by atoms with Crippen LogP contribution in [0.2, 0.25) is 0 Å². The topological polar surface area (TPSA) is 52.3 Å². The Bertz CT molecular complexity index is 328. The van der Waals surface area contributed by atoms with E-state index in [1.807, 2.05) is 0 Å². The summed E-state index contributed by atoms with van der Waals surface area (Å²) in [5, 5.41) is 0. The van der Waals surface area contributed by atoms with Crippen LogP contribution < -0.4 is 0 Å². The molecule has 1 saturated carbocycles. The Morgan fingerprint density at radius 1 is 1.71 bits per heavy atom. The van der Waals surface area contributed by atoms with E-state index in [2.05, 4.69) is 4.98 Å². The van der Waals surface area contributed by atoms with Gasteiger partial charge in [-0.05, 0) is 25.7 Å². The highest BCUT2D eigenvalue weighted by Gasteiger charge is 2.27. The van der Waals surface area contributed by atoms with Crippen molar-refractivity contribution in [2.75, 3.05) is 6.61 Å². The Balaban J connectivity index is 2.07. The second kappa shape index (κ2) is 3.82. The summed E-state index contributed by atoms with van der Waals surface area (Å²) in [6.07, 6.45) is 4.57. The Labute approximate surface area is 82.3 Å². The number of nitrogens with zero attached hydrogens (tertiary/aromatic N) is 1. The minimum absolute atomic E-state index is 0.346. The molecule has 4 heteroatoms. The van der Waals surface area contributed by atoms with Gasteiger partial charge in [0.1, 0.15) is 5.76 Å². The lowest BCUT2D eigenvalue weighted by Crippen LogP contribution is -2.08. The molecule has 0 aromatic carbocycles. The van der Waals surface area contributed by atoms with E-state index in [-0.39, 0.29) is 5.97 Å². The smallest absolute Gasteiger partial charge is 0.360 e. The van der Waals surface area contributed by atoms with Gasteiger partial charge in [-0.3, -0.25) is 0 Å². The first-order valence-electron chi connectivity index (χ1n) is 4.90. The lowest BCUT2D eigenvalue weighted by Gasteiger charge is -1.99. The third-order valence-electron chi connectivity index (χ3n) is 2.28. The Morgan fingerprint density at radius 2 is 2.50 bits per heavy atom. The molecule has 1 heterocycles. The van der Waals surface area contributed by atoms with Crippen molar-refractivity contribution in [3.8, 4) is 0 Å². The van der Waals surface area contributed by atoms with Gasteiger partial charge in [0.25, 0.3) is 0 Å². The highest BCUT2D eigenvalue weighted by atomic mass is 16.5. The molecule has 1 aromatic rings. The van der Waals surface area contributed by atoms with Crippen molar-refractivity contribution < 1.29 is 13.9 Å². The number of carbonyl (C=O) groups is 1. The first-order valence-corrected chi connectivity index (χ1v) is 4.90. The maximum atomic E-state index is 11.4. The third kappa shape index (κ3) is 1.95.